The quantitative estimate of drug-likeness (QED) is 0.656. The molecule has 2 rings (SSSR count). The molecule has 7 heteroatoms. The lowest BCUT2D eigenvalue weighted by Crippen LogP contribution is -2.45. The summed E-state index contributed by atoms with van der Waals surface area (Å²) >= 11 is 0. The van der Waals surface area contributed by atoms with Crippen LogP contribution in [0.15, 0.2) is 0 Å². The highest BCUT2D eigenvalue weighted by Gasteiger charge is 2.31. The maximum Gasteiger partial charge on any atom is 0.333 e. The first-order valence-electron chi connectivity index (χ1n) is 7.22. The number of hydrogen-bond acceptors (Lipinski definition) is 5. The molecule has 7 nitrogen and oxygen atoms in total. The molecule has 0 spiro atoms. The average molecular weight is 281 g/mol. The smallest absolute Gasteiger partial charge is 0.333 e. The van der Waals surface area contributed by atoms with Crippen LogP contribution in [0.1, 0.15) is 31.9 Å². The summed E-state index contributed by atoms with van der Waals surface area (Å²) in [5.41, 5.74) is 0.667. The molecule has 2 heterocycles. The first-order valence-corrected chi connectivity index (χ1v) is 7.22. The van der Waals surface area contributed by atoms with Crippen LogP contribution in [0.2, 0.25) is 0 Å². The zero-order valence-corrected chi connectivity index (χ0v) is 12.4. The molecule has 0 amide bonds. The molecule has 1 fully saturated rings. The lowest BCUT2D eigenvalue weighted by Gasteiger charge is -2.33. The molecular weight excluding hydrogens is 258 g/mol. The fourth-order valence-electron chi connectivity index (χ4n) is 2.86. The van der Waals surface area contributed by atoms with E-state index >= 15 is 0 Å². The van der Waals surface area contributed by atoms with Gasteiger partial charge in [0.15, 0.2) is 0 Å². The maximum absolute atomic E-state index is 11.4. The molecule has 0 aliphatic carbocycles. The zero-order valence-electron chi connectivity index (χ0n) is 12.4. The normalized spacial score (nSPS) is 19.4. The molecule has 0 saturated carbocycles. The van der Waals surface area contributed by atoms with Gasteiger partial charge in [0.1, 0.15) is 5.69 Å². The number of nitro groups is 1. The number of aromatic nitrogens is 2. The van der Waals surface area contributed by atoms with Crippen molar-refractivity contribution in [2.24, 2.45) is 0 Å². The second-order valence-corrected chi connectivity index (χ2v) is 5.31. The van der Waals surface area contributed by atoms with Crippen LogP contribution in [0.5, 0.6) is 0 Å². The Bertz CT molecular complexity index is 485. The number of hydrogen-bond donors (Lipinski definition) is 1. The van der Waals surface area contributed by atoms with E-state index in [1.54, 1.807) is 11.6 Å². The van der Waals surface area contributed by atoms with Gasteiger partial charge in [-0.05, 0) is 33.2 Å². The Balaban J connectivity index is 2.39. The lowest BCUT2D eigenvalue weighted by molar-refractivity contribution is -0.384. The van der Waals surface area contributed by atoms with Crippen molar-refractivity contribution in [2.75, 3.05) is 25.0 Å². The standard InChI is InChI=1S/C13H23N5O2/c1-4-7-17-13(12(18(19)20)10(2)15-17)16-8-5-6-11(9-16)14-3/h11,14H,4-9H2,1-3H3. The topological polar surface area (TPSA) is 76.2 Å². The Morgan fingerprint density at radius 1 is 1.55 bits per heavy atom. The highest BCUT2D eigenvalue weighted by Crippen LogP contribution is 2.33. The van der Waals surface area contributed by atoms with Crippen molar-refractivity contribution in [1.82, 2.24) is 15.1 Å². The predicted molar refractivity (Wildman–Crippen MR) is 78.2 cm³/mol. The first-order chi connectivity index (χ1) is 9.58. The number of likely N-dealkylation sites (N-methyl/N-ethyl adjacent to an activating group) is 1. The average Bonchev–Trinajstić information content (AvgIpc) is 2.76. The van der Waals surface area contributed by atoms with Gasteiger partial charge in [0, 0.05) is 25.7 Å². The first kappa shape index (κ1) is 14.8. The summed E-state index contributed by atoms with van der Waals surface area (Å²) in [7, 11) is 1.94. The van der Waals surface area contributed by atoms with E-state index in [9.17, 15) is 10.1 Å². The fraction of sp³-hybridized carbons (Fsp3) is 0.769. The third-order valence-corrected chi connectivity index (χ3v) is 3.82. The number of nitrogens with one attached hydrogen (secondary N) is 1. The van der Waals surface area contributed by atoms with Crippen LogP contribution in [-0.2, 0) is 6.54 Å². The van der Waals surface area contributed by atoms with Crippen LogP contribution < -0.4 is 10.2 Å². The van der Waals surface area contributed by atoms with Gasteiger partial charge in [-0.15, -0.1) is 0 Å². The molecule has 1 saturated heterocycles. The molecule has 0 radical (unpaired) electrons. The van der Waals surface area contributed by atoms with E-state index < -0.39 is 0 Å². The minimum atomic E-state index is -0.299. The molecule has 1 N–H and O–H groups in total. The lowest BCUT2D eigenvalue weighted by atomic mass is 10.1. The largest absolute Gasteiger partial charge is 0.350 e. The van der Waals surface area contributed by atoms with Crippen molar-refractivity contribution in [3.05, 3.63) is 15.8 Å². The highest BCUT2D eigenvalue weighted by atomic mass is 16.6. The summed E-state index contributed by atoms with van der Waals surface area (Å²) in [6.07, 6.45) is 3.06. The second kappa shape index (κ2) is 6.21. The van der Waals surface area contributed by atoms with Gasteiger partial charge in [-0.25, -0.2) is 4.68 Å². The van der Waals surface area contributed by atoms with E-state index in [1.165, 1.54) is 0 Å². The van der Waals surface area contributed by atoms with Crippen LogP contribution in [-0.4, -0.2) is 40.9 Å². The van der Waals surface area contributed by atoms with Gasteiger partial charge in [-0.1, -0.05) is 6.92 Å². The van der Waals surface area contributed by atoms with Crippen LogP contribution in [0.3, 0.4) is 0 Å². The van der Waals surface area contributed by atoms with E-state index in [4.69, 9.17) is 0 Å². The third-order valence-electron chi connectivity index (χ3n) is 3.82. The summed E-state index contributed by atoms with van der Waals surface area (Å²) in [6.45, 7) is 6.14. The van der Waals surface area contributed by atoms with Gasteiger partial charge in [-0.3, -0.25) is 10.1 Å². The second-order valence-electron chi connectivity index (χ2n) is 5.31. The molecule has 1 aliphatic heterocycles. The van der Waals surface area contributed by atoms with Gasteiger partial charge in [-0.2, -0.15) is 5.10 Å². The summed E-state index contributed by atoms with van der Waals surface area (Å²) in [4.78, 5) is 13.2. The molecule has 0 aromatic carbocycles. The van der Waals surface area contributed by atoms with Crippen LogP contribution in [0, 0.1) is 17.0 Å². The summed E-state index contributed by atoms with van der Waals surface area (Å²) in [5.74, 6) is 0.675. The van der Waals surface area contributed by atoms with Crippen molar-refractivity contribution in [2.45, 2.75) is 45.7 Å². The predicted octanol–water partition coefficient (Wildman–Crippen LogP) is 1.70. The molecule has 1 aliphatic rings. The molecular formula is C13H23N5O2. The van der Waals surface area contributed by atoms with Crippen molar-refractivity contribution in [3.63, 3.8) is 0 Å². The minimum absolute atomic E-state index is 0.162. The van der Waals surface area contributed by atoms with Crippen molar-refractivity contribution in [1.29, 1.82) is 0 Å². The molecule has 1 aromatic heterocycles. The summed E-state index contributed by atoms with van der Waals surface area (Å²) in [5, 5.41) is 19.0. The van der Waals surface area contributed by atoms with E-state index in [0.29, 0.717) is 24.1 Å². The Hall–Kier alpha value is -1.63. The van der Waals surface area contributed by atoms with Crippen molar-refractivity contribution in [3.8, 4) is 0 Å². The summed E-state index contributed by atoms with van der Waals surface area (Å²) < 4.78 is 1.80. The van der Waals surface area contributed by atoms with Gasteiger partial charge < -0.3 is 10.2 Å². The number of anilines is 1. The Morgan fingerprint density at radius 3 is 2.90 bits per heavy atom. The van der Waals surface area contributed by atoms with E-state index in [1.807, 2.05) is 7.05 Å². The number of piperidine rings is 1. The highest BCUT2D eigenvalue weighted by molar-refractivity contribution is 5.61. The Labute approximate surface area is 119 Å². The third kappa shape index (κ3) is 2.77. The van der Waals surface area contributed by atoms with E-state index in [-0.39, 0.29) is 10.6 Å². The molecule has 0 bridgehead atoms. The Kier molecular flexibility index (Phi) is 4.59. The fourth-order valence-corrected chi connectivity index (χ4v) is 2.86. The van der Waals surface area contributed by atoms with E-state index in [0.717, 1.165) is 32.4 Å². The molecule has 112 valence electrons. The minimum Gasteiger partial charge on any atom is -0.350 e. The molecule has 20 heavy (non-hydrogen) atoms. The molecule has 1 aromatic rings. The van der Waals surface area contributed by atoms with Crippen LogP contribution in [0.4, 0.5) is 11.5 Å². The van der Waals surface area contributed by atoms with Gasteiger partial charge in [0.05, 0.1) is 4.92 Å². The van der Waals surface area contributed by atoms with Crippen LogP contribution >= 0.6 is 0 Å². The monoisotopic (exact) mass is 281 g/mol. The van der Waals surface area contributed by atoms with Crippen molar-refractivity contribution >= 4 is 11.5 Å². The summed E-state index contributed by atoms with van der Waals surface area (Å²) in [6, 6.07) is 0.383. The molecule has 1 unspecified atom stereocenters. The zero-order chi connectivity index (χ0) is 14.7. The number of nitrogens with zero attached hydrogens (tertiary/aromatic N) is 4. The molecule has 1 atom stereocenters. The maximum atomic E-state index is 11.4. The SMILES string of the molecule is CCCn1nc(C)c([N+](=O)[O-])c1N1CCCC(NC)C1. The van der Waals surface area contributed by atoms with E-state index in [2.05, 4.69) is 22.2 Å². The Morgan fingerprint density at radius 2 is 2.30 bits per heavy atom. The van der Waals surface area contributed by atoms with Crippen molar-refractivity contribution < 1.29 is 4.92 Å². The van der Waals surface area contributed by atoms with Gasteiger partial charge in [0.2, 0.25) is 5.82 Å². The van der Waals surface area contributed by atoms with Gasteiger partial charge in [0.25, 0.3) is 0 Å². The number of rotatable bonds is 5. The number of aryl methyl sites for hydroxylation is 2. The van der Waals surface area contributed by atoms with Gasteiger partial charge >= 0.3 is 5.69 Å². The van der Waals surface area contributed by atoms with Crippen LogP contribution in [0.25, 0.3) is 0 Å².